The maximum atomic E-state index is 14.0. The lowest BCUT2D eigenvalue weighted by Crippen LogP contribution is -2.52. The second kappa shape index (κ2) is 9.23. The molecule has 4 atom stereocenters. The van der Waals surface area contributed by atoms with Crippen LogP contribution in [0.1, 0.15) is 41.7 Å². The van der Waals surface area contributed by atoms with Crippen LogP contribution in [0.2, 0.25) is 0 Å². The summed E-state index contributed by atoms with van der Waals surface area (Å²) in [5.74, 6) is -3.75. The summed E-state index contributed by atoms with van der Waals surface area (Å²) < 4.78 is 40.7. The largest absolute Gasteiger partial charge is 0.342 e. The van der Waals surface area contributed by atoms with Crippen LogP contribution in [-0.2, 0) is 11.2 Å². The molecule has 0 aliphatic carbocycles. The van der Waals surface area contributed by atoms with Crippen molar-refractivity contribution in [3.05, 3.63) is 59.4 Å². The number of hydrogen-bond acceptors (Lipinski definition) is 5. The van der Waals surface area contributed by atoms with Crippen molar-refractivity contribution in [2.24, 2.45) is 11.7 Å². The maximum Gasteiger partial charge on any atom is 0.271 e. The van der Waals surface area contributed by atoms with Crippen molar-refractivity contribution >= 4 is 11.8 Å². The van der Waals surface area contributed by atoms with Crippen LogP contribution in [0.15, 0.2) is 30.7 Å². The predicted octanol–water partition coefficient (Wildman–Crippen LogP) is 1.96. The maximum absolute atomic E-state index is 14.0. The summed E-state index contributed by atoms with van der Waals surface area (Å²) in [6.07, 6.45) is 7.22. The number of nitrogens with zero attached hydrogens (tertiary/aromatic N) is 3. The Morgan fingerprint density at radius 2 is 1.78 bits per heavy atom. The summed E-state index contributed by atoms with van der Waals surface area (Å²) in [5.41, 5.74) is 6.50. The van der Waals surface area contributed by atoms with Gasteiger partial charge in [-0.1, -0.05) is 0 Å². The van der Waals surface area contributed by atoms with Crippen molar-refractivity contribution in [3.8, 4) is 0 Å². The lowest BCUT2D eigenvalue weighted by atomic mass is 9.82. The SMILES string of the molecule is NC(Cc1cc(F)c(F)cc1F)C1C[C@H]2CC[C@@H](C1)N2C(=O)CNC(=O)c1cnccn1. The minimum atomic E-state index is -1.23. The number of nitrogens with one attached hydrogen (secondary N) is 1. The second-order valence-electron chi connectivity index (χ2n) is 8.42. The molecule has 1 aromatic heterocycles. The molecule has 2 amide bonds. The van der Waals surface area contributed by atoms with E-state index >= 15 is 0 Å². The number of rotatable bonds is 6. The van der Waals surface area contributed by atoms with Gasteiger partial charge in [-0.3, -0.25) is 14.6 Å². The molecule has 2 fully saturated rings. The van der Waals surface area contributed by atoms with E-state index in [9.17, 15) is 22.8 Å². The topological polar surface area (TPSA) is 101 Å². The lowest BCUT2D eigenvalue weighted by molar-refractivity contribution is -0.135. The van der Waals surface area contributed by atoms with Crippen molar-refractivity contribution in [2.75, 3.05) is 6.54 Å². The van der Waals surface area contributed by atoms with Crippen LogP contribution in [0.25, 0.3) is 0 Å². The first-order chi connectivity index (χ1) is 15.3. The first kappa shape index (κ1) is 22.2. The van der Waals surface area contributed by atoms with Gasteiger partial charge in [0, 0.05) is 36.6 Å². The molecule has 10 heteroatoms. The molecule has 2 unspecified atom stereocenters. The van der Waals surface area contributed by atoms with Crippen LogP contribution in [0, 0.1) is 23.4 Å². The highest BCUT2D eigenvalue weighted by atomic mass is 19.2. The second-order valence-corrected chi connectivity index (χ2v) is 8.42. The highest BCUT2D eigenvalue weighted by molar-refractivity contribution is 5.94. The first-order valence-electron chi connectivity index (χ1n) is 10.6. The van der Waals surface area contributed by atoms with Crippen LogP contribution in [-0.4, -0.2) is 51.4 Å². The van der Waals surface area contributed by atoms with Gasteiger partial charge in [0.05, 0.1) is 12.7 Å². The zero-order valence-electron chi connectivity index (χ0n) is 17.3. The van der Waals surface area contributed by atoms with Gasteiger partial charge in [0.2, 0.25) is 5.91 Å². The summed E-state index contributed by atoms with van der Waals surface area (Å²) in [4.78, 5) is 34.5. The molecular weight excluding hydrogens is 423 g/mol. The molecule has 7 nitrogen and oxygen atoms in total. The highest BCUT2D eigenvalue weighted by Crippen LogP contribution is 2.40. The number of carbonyl (C=O) groups is 2. The molecule has 1 aromatic carbocycles. The molecule has 0 radical (unpaired) electrons. The van der Waals surface area contributed by atoms with Crippen molar-refractivity contribution in [1.82, 2.24) is 20.2 Å². The molecule has 3 N–H and O–H groups in total. The van der Waals surface area contributed by atoms with Gasteiger partial charge in [-0.15, -0.1) is 0 Å². The Hall–Kier alpha value is -3.01. The monoisotopic (exact) mass is 447 g/mol. The fraction of sp³-hybridized carbons (Fsp3) is 0.455. The van der Waals surface area contributed by atoms with Crippen LogP contribution in [0.5, 0.6) is 0 Å². The van der Waals surface area contributed by atoms with E-state index in [1.54, 1.807) is 0 Å². The van der Waals surface area contributed by atoms with Gasteiger partial charge in [-0.2, -0.15) is 0 Å². The molecule has 0 spiro atoms. The molecular formula is C22H24F3N5O2. The number of piperidine rings is 1. The van der Waals surface area contributed by atoms with Gasteiger partial charge in [0.15, 0.2) is 11.6 Å². The van der Waals surface area contributed by atoms with Gasteiger partial charge in [-0.05, 0) is 49.7 Å². The minimum Gasteiger partial charge on any atom is -0.342 e. The van der Waals surface area contributed by atoms with Crippen molar-refractivity contribution in [2.45, 2.75) is 50.2 Å². The predicted molar refractivity (Wildman–Crippen MR) is 109 cm³/mol. The normalized spacial score (nSPS) is 23.1. The van der Waals surface area contributed by atoms with Crippen LogP contribution in [0.3, 0.4) is 0 Å². The van der Waals surface area contributed by atoms with E-state index in [-0.39, 0.29) is 48.1 Å². The Kier molecular flexibility index (Phi) is 6.40. The Morgan fingerprint density at radius 1 is 1.09 bits per heavy atom. The van der Waals surface area contributed by atoms with Gasteiger partial charge in [-0.25, -0.2) is 18.2 Å². The average Bonchev–Trinajstić information content (AvgIpc) is 3.05. The molecule has 0 saturated carbocycles. The summed E-state index contributed by atoms with van der Waals surface area (Å²) in [5, 5.41) is 2.58. The van der Waals surface area contributed by atoms with Crippen LogP contribution >= 0.6 is 0 Å². The number of benzene rings is 1. The number of hydrogen-bond donors (Lipinski definition) is 2. The van der Waals surface area contributed by atoms with Crippen LogP contribution in [0.4, 0.5) is 13.2 Å². The smallest absolute Gasteiger partial charge is 0.271 e. The average molecular weight is 447 g/mol. The number of aromatic nitrogens is 2. The Balaban J connectivity index is 1.34. The molecule has 3 heterocycles. The van der Waals surface area contributed by atoms with Crippen molar-refractivity contribution in [1.29, 1.82) is 0 Å². The molecule has 32 heavy (non-hydrogen) atoms. The van der Waals surface area contributed by atoms with E-state index < -0.39 is 29.4 Å². The molecule has 2 bridgehead atoms. The fourth-order valence-corrected chi connectivity index (χ4v) is 4.87. The van der Waals surface area contributed by atoms with E-state index in [0.717, 1.165) is 18.9 Å². The Labute approximate surface area is 183 Å². The van der Waals surface area contributed by atoms with E-state index in [0.29, 0.717) is 18.9 Å². The number of amides is 2. The molecule has 4 rings (SSSR count). The van der Waals surface area contributed by atoms with Gasteiger partial charge < -0.3 is 16.0 Å². The van der Waals surface area contributed by atoms with Gasteiger partial charge in [0.25, 0.3) is 5.91 Å². The number of nitrogens with two attached hydrogens (primary N) is 1. The van der Waals surface area contributed by atoms with E-state index in [1.807, 2.05) is 4.90 Å². The van der Waals surface area contributed by atoms with Crippen LogP contribution < -0.4 is 11.1 Å². The highest BCUT2D eigenvalue weighted by Gasteiger charge is 2.44. The number of halogens is 3. The lowest BCUT2D eigenvalue weighted by Gasteiger charge is -2.41. The standard InChI is InChI=1S/C22H24F3N5O2/c23-16-9-18(25)17(24)7-12(16)8-19(26)13-5-14-1-2-15(6-13)30(14)21(31)11-29-22(32)20-10-27-3-4-28-20/h3-4,7,9-10,13-15,19H,1-2,5-6,8,11,26H2,(H,29,32)/t13?,14-,15+,19?. The fourth-order valence-electron chi connectivity index (χ4n) is 4.87. The third-order valence-electron chi connectivity index (χ3n) is 6.40. The van der Waals surface area contributed by atoms with E-state index in [2.05, 4.69) is 15.3 Å². The molecule has 2 aliphatic rings. The summed E-state index contributed by atoms with van der Waals surface area (Å²) in [6, 6.07) is 0.932. The molecule has 2 aromatic rings. The minimum absolute atomic E-state index is 0.0134. The number of carbonyl (C=O) groups excluding carboxylic acids is 2. The molecule has 2 saturated heterocycles. The van der Waals surface area contributed by atoms with Crippen molar-refractivity contribution < 1.29 is 22.8 Å². The summed E-state index contributed by atoms with van der Waals surface area (Å²) >= 11 is 0. The van der Waals surface area contributed by atoms with Gasteiger partial charge in [0.1, 0.15) is 11.5 Å². The third-order valence-corrected chi connectivity index (χ3v) is 6.40. The van der Waals surface area contributed by atoms with E-state index in [1.165, 1.54) is 18.6 Å². The quantitative estimate of drug-likeness (QED) is 0.660. The number of fused-ring (bicyclic) bond motifs is 2. The zero-order chi connectivity index (χ0) is 22.8. The van der Waals surface area contributed by atoms with E-state index in [4.69, 9.17) is 5.73 Å². The Bertz CT molecular complexity index is 993. The Morgan fingerprint density at radius 3 is 2.44 bits per heavy atom. The first-order valence-corrected chi connectivity index (χ1v) is 10.6. The third kappa shape index (κ3) is 4.59. The van der Waals surface area contributed by atoms with Crippen molar-refractivity contribution in [3.63, 3.8) is 0 Å². The molecule has 170 valence electrons. The zero-order valence-corrected chi connectivity index (χ0v) is 17.3. The summed E-state index contributed by atoms with van der Waals surface area (Å²) in [7, 11) is 0. The summed E-state index contributed by atoms with van der Waals surface area (Å²) in [6.45, 7) is -0.140. The molecule has 2 aliphatic heterocycles. The van der Waals surface area contributed by atoms with Gasteiger partial charge >= 0.3 is 0 Å².